The number of carboxylic acid groups (broad SMARTS) is 1. The van der Waals surface area contributed by atoms with Crippen molar-refractivity contribution in [2.75, 3.05) is 0 Å². The molecule has 0 unspecified atom stereocenters. The summed E-state index contributed by atoms with van der Waals surface area (Å²) >= 11 is 0. The average molecular weight is 480 g/mol. The number of rotatable bonds is 10. The molecule has 0 fully saturated rings. The fraction of sp³-hybridized carbons (Fsp3) is 0.217. The van der Waals surface area contributed by atoms with Gasteiger partial charge in [-0.2, -0.15) is 17.6 Å². The number of ether oxygens (including phenoxy) is 2. The third kappa shape index (κ3) is 6.82. The Kier molecular flexibility index (Phi) is 7.90. The number of hydrogen-bond acceptors (Lipinski definition) is 5. The van der Waals surface area contributed by atoms with Crippen molar-refractivity contribution in [3.05, 3.63) is 84.1 Å². The third-order valence-corrected chi connectivity index (χ3v) is 4.63. The summed E-state index contributed by atoms with van der Waals surface area (Å²) in [5.41, 5.74) is 0.624. The monoisotopic (exact) mass is 480 g/mol. The SMILES string of the molecule is O=C(O)N[C@H](Cc1cccc(OC(F)(F)C(F)F)c1)[C@H](O)c1ccc(Oc2ccccn2)cc1. The van der Waals surface area contributed by atoms with Gasteiger partial charge in [0, 0.05) is 12.3 Å². The Bertz CT molecular complexity index is 1080. The van der Waals surface area contributed by atoms with Crippen LogP contribution in [-0.2, 0) is 6.42 Å². The first-order valence-corrected chi connectivity index (χ1v) is 9.94. The van der Waals surface area contributed by atoms with Crippen molar-refractivity contribution in [2.45, 2.75) is 31.1 Å². The van der Waals surface area contributed by atoms with Crippen molar-refractivity contribution in [1.29, 1.82) is 0 Å². The maximum Gasteiger partial charge on any atom is 0.461 e. The normalized spacial score (nSPS) is 13.2. The number of amides is 1. The summed E-state index contributed by atoms with van der Waals surface area (Å²) in [5.74, 6) is 0.269. The van der Waals surface area contributed by atoms with Gasteiger partial charge in [0.15, 0.2) is 0 Å². The molecule has 11 heteroatoms. The Hall–Kier alpha value is -3.86. The van der Waals surface area contributed by atoms with Gasteiger partial charge in [-0.3, -0.25) is 0 Å². The summed E-state index contributed by atoms with van der Waals surface area (Å²) < 4.78 is 60.8. The van der Waals surface area contributed by atoms with Gasteiger partial charge >= 0.3 is 18.6 Å². The fourth-order valence-electron chi connectivity index (χ4n) is 3.09. The van der Waals surface area contributed by atoms with Crippen LogP contribution in [0.5, 0.6) is 17.4 Å². The third-order valence-electron chi connectivity index (χ3n) is 4.63. The molecule has 3 rings (SSSR count). The van der Waals surface area contributed by atoms with Crippen LogP contribution in [0.15, 0.2) is 72.9 Å². The van der Waals surface area contributed by atoms with Gasteiger partial charge < -0.3 is 25.0 Å². The predicted molar refractivity (Wildman–Crippen MR) is 112 cm³/mol. The standard InChI is InChI=1S/C23H20F4N2O5/c24-21(25)23(26,27)34-17-5-3-4-14(12-17)13-18(29-22(31)32)20(30)15-7-9-16(10-8-15)33-19-6-1-2-11-28-19/h1-12,18,20-21,29-30H,13H2,(H,31,32)/t18-,20-/m1/s1. The van der Waals surface area contributed by atoms with E-state index >= 15 is 0 Å². The number of pyridine rings is 1. The number of hydrogen-bond donors (Lipinski definition) is 3. The van der Waals surface area contributed by atoms with E-state index in [0.717, 1.165) is 12.1 Å². The molecule has 0 saturated carbocycles. The molecule has 3 aromatic rings. The van der Waals surface area contributed by atoms with Gasteiger partial charge in [0.05, 0.1) is 12.1 Å². The van der Waals surface area contributed by atoms with Crippen LogP contribution in [-0.4, -0.2) is 39.9 Å². The Morgan fingerprint density at radius 3 is 2.38 bits per heavy atom. The number of nitrogens with zero attached hydrogens (tertiary/aromatic N) is 1. The van der Waals surface area contributed by atoms with Crippen LogP contribution in [0.3, 0.4) is 0 Å². The minimum Gasteiger partial charge on any atom is -0.465 e. The average Bonchev–Trinajstić information content (AvgIpc) is 2.79. The van der Waals surface area contributed by atoms with Crippen LogP contribution < -0.4 is 14.8 Å². The van der Waals surface area contributed by atoms with E-state index in [1.165, 1.54) is 24.3 Å². The van der Waals surface area contributed by atoms with E-state index in [1.807, 2.05) is 0 Å². The van der Waals surface area contributed by atoms with Gasteiger partial charge in [-0.1, -0.05) is 30.3 Å². The number of aliphatic hydroxyl groups is 1. The second-order valence-corrected chi connectivity index (χ2v) is 7.16. The summed E-state index contributed by atoms with van der Waals surface area (Å²) in [6.45, 7) is 0. The van der Waals surface area contributed by atoms with Crippen LogP contribution in [0.4, 0.5) is 22.4 Å². The number of alkyl halides is 4. The second kappa shape index (κ2) is 10.8. The van der Waals surface area contributed by atoms with E-state index in [0.29, 0.717) is 17.2 Å². The Labute approximate surface area is 191 Å². The van der Waals surface area contributed by atoms with Gasteiger partial charge in [-0.25, -0.2) is 9.78 Å². The quantitative estimate of drug-likeness (QED) is 0.352. The number of halogens is 4. The van der Waals surface area contributed by atoms with Crippen LogP contribution in [0.25, 0.3) is 0 Å². The highest BCUT2D eigenvalue weighted by Gasteiger charge is 2.44. The molecule has 2 atom stereocenters. The number of aromatic nitrogens is 1. The molecule has 0 radical (unpaired) electrons. The van der Waals surface area contributed by atoms with E-state index in [-0.39, 0.29) is 12.0 Å². The van der Waals surface area contributed by atoms with Crippen molar-refractivity contribution in [2.24, 2.45) is 0 Å². The maximum absolute atomic E-state index is 13.2. The highest BCUT2D eigenvalue weighted by atomic mass is 19.3. The lowest BCUT2D eigenvalue weighted by Crippen LogP contribution is -2.40. The van der Waals surface area contributed by atoms with Crippen LogP contribution in [0.1, 0.15) is 17.2 Å². The largest absolute Gasteiger partial charge is 0.465 e. The first-order valence-electron chi connectivity index (χ1n) is 9.94. The first-order chi connectivity index (χ1) is 16.1. The summed E-state index contributed by atoms with van der Waals surface area (Å²) in [6, 6.07) is 15.1. The molecular formula is C23H20F4N2O5. The summed E-state index contributed by atoms with van der Waals surface area (Å²) in [5, 5.41) is 22.1. The molecule has 1 amide bonds. The maximum atomic E-state index is 13.2. The van der Waals surface area contributed by atoms with Crippen molar-refractivity contribution in [3.8, 4) is 17.4 Å². The number of carbonyl (C=O) groups is 1. The topological polar surface area (TPSA) is 101 Å². The molecule has 0 saturated heterocycles. The minimum absolute atomic E-state index is 0.142. The molecule has 3 N–H and O–H groups in total. The summed E-state index contributed by atoms with van der Waals surface area (Å²) in [6.07, 6.45) is -10.0. The Morgan fingerprint density at radius 2 is 1.76 bits per heavy atom. The van der Waals surface area contributed by atoms with Crippen LogP contribution in [0.2, 0.25) is 0 Å². The van der Waals surface area contributed by atoms with E-state index in [2.05, 4.69) is 15.0 Å². The van der Waals surface area contributed by atoms with E-state index < -0.39 is 36.5 Å². The molecule has 0 bridgehead atoms. The van der Waals surface area contributed by atoms with E-state index in [4.69, 9.17) is 4.74 Å². The van der Waals surface area contributed by atoms with Crippen molar-refractivity contribution < 1.29 is 42.0 Å². The van der Waals surface area contributed by atoms with Crippen molar-refractivity contribution >= 4 is 6.09 Å². The molecule has 180 valence electrons. The molecule has 1 heterocycles. The van der Waals surface area contributed by atoms with Gasteiger partial charge in [0.25, 0.3) is 0 Å². The number of aliphatic hydroxyl groups excluding tert-OH is 1. The lowest BCUT2D eigenvalue weighted by molar-refractivity contribution is -0.253. The Balaban J connectivity index is 1.74. The molecule has 0 aliphatic heterocycles. The van der Waals surface area contributed by atoms with E-state index in [9.17, 15) is 32.6 Å². The lowest BCUT2D eigenvalue weighted by Gasteiger charge is -2.24. The summed E-state index contributed by atoms with van der Waals surface area (Å²) in [4.78, 5) is 15.3. The van der Waals surface area contributed by atoms with Crippen molar-refractivity contribution in [1.82, 2.24) is 10.3 Å². The highest BCUT2D eigenvalue weighted by Crippen LogP contribution is 2.29. The van der Waals surface area contributed by atoms with Gasteiger partial charge in [0.1, 0.15) is 11.5 Å². The zero-order valence-corrected chi connectivity index (χ0v) is 17.4. The van der Waals surface area contributed by atoms with Gasteiger partial charge in [-0.05, 0) is 47.9 Å². The minimum atomic E-state index is -4.68. The molecule has 1 aromatic heterocycles. The van der Waals surface area contributed by atoms with Gasteiger partial charge in [-0.15, -0.1) is 0 Å². The predicted octanol–water partition coefficient (Wildman–Crippen LogP) is 5.02. The van der Waals surface area contributed by atoms with Crippen LogP contribution in [0, 0.1) is 0 Å². The molecule has 7 nitrogen and oxygen atoms in total. The fourth-order valence-corrected chi connectivity index (χ4v) is 3.09. The number of nitrogens with one attached hydrogen (secondary N) is 1. The molecule has 0 aliphatic carbocycles. The number of benzene rings is 2. The smallest absolute Gasteiger partial charge is 0.461 e. The van der Waals surface area contributed by atoms with Crippen molar-refractivity contribution in [3.63, 3.8) is 0 Å². The summed E-state index contributed by atoms with van der Waals surface area (Å²) in [7, 11) is 0. The first kappa shape index (κ1) is 24.8. The Morgan fingerprint density at radius 1 is 1.03 bits per heavy atom. The molecule has 0 aliphatic rings. The molecule has 34 heavy (non-hydrogen) atoms. The zero-order valence-electron chi connectivity index (χ0n) is 17.4. The molecule has 2 aromatic carbocycles. The van der Waals surface area contributed by atoms with Gasteiger partial charge in [0.2, 0.25) is 5.88 Å². The lowest BCUT2D eigenvalue weighted by atomic mass is 9.96. The second-order valence-electron chi connectivity index (χ2n) is 7.16. The van der Waals surface area contributed by atoms with E-state index in [1.54, 1.807) is 36.5 Å². The molecular weight excluding hydrogens is 460 g/mol. The van der Waals surface area contributed by atoms with Crippen LogP contribution >= 0.6 is 0 Å². The zero-order chi connectivity index (χ0) is 24.7. The molecule has 0 spiro atoms. The highest BCUT2D eigenvalue weighted by molar-refractivity contribution is 5.65.